The Hall–Kier alpha value is -1.31. The number of hydrogen-bond acceptors (Lipinski definition) is 1. The van der Waals surface area contributed by atoms with E-state index in [0.717, 1.165) is 19.5 Å². The number of carbonyl (C=O) groups is 1. The van der Waals surface area contributed by atoms with Gasteiger partial charge in [-0.05, 0) is 12.0 Å². The largest absolute Gasteiger partial charge is 0.342 e. The van der Waals surface area contributed by atoms with Gasteiger partial charge in [0.1, 0.15) is 0 Å². The fraction of sp³-hybridized carbons (Fsp3) is 0.333. The molecular formula is C12H14NO. The van der Waals surface area contributed by atoms with Crippen molar-refractivity contribution in [2.45, 2.75) is 12.3 Å². The highest BCUT2D eigenvalue weighted by atomic mass is 16.2. The molecule has 2 nitrogen and oxygen atoms in total. The third kappa shape index (κ3) is 1.79. The smallest absolute Gasteiger partial charge is 0.223 e. The normalized spacial score (nSPS) is 21.2. The second-order valence-electron chi connectivity index (χ2n) is 3.74. The molecule has 1 aromatic carbocycles. The van der Waals surface area contributed by atoms with E-state index in [1.54, 1.807) is 0 Å². The van der Waals surface area contributed by atoms with E-state index in [4.69, 9.17) is 0 Å². The molecule has 2 heteroatoms. The van der Waals surface area contributed by atoms with E-state index in [1.165, 1.54) is 5.56 Å². The summed E-state index contributed by atoms with van der Waals surface area (Å²) in [4.78, 5) is 12.9. The summed E-state index contributed by atoms with van der Waals surface area (Å²) < 4.78 is 0. The van der Waals surface area contributed by atoms with Crippen molar-refractivity contribution in [1.82, 2.24) is 4.90 Å². The van der Waals surface area contributed by atoms with Crippen molar-refractivity contribution in [2.24, 2.45) is 0 Å². The van der Waals surface area contributed by atoms with Crippen LogP contribution in [0.4, 0.5) is 0 Å². The lowest BCUT2D eigenvalue weighted by atomic mass is 9.99. The molecule has 0 aliphatic carbocycles. The van der Waals surface area contributed by atoms with Gasteiger partial charge in [0.2, 0.25) is 5.91 Å². The van der Waals surface area contributed by atoms with Crippen LogP contribution in [0.1, 0.15) is 17.9 Å². The van der Waals surface area contributed by atoms with Crippen molar-refractivity contribution in [1.29, 1.82) is 0 Å². The van der Waals surface area contributed by atoms with Crippen molar-refractivity contribution in [3.05, 3.63) is 42.8 Å². The van der Waals surface area contributed by atoms with E-state index in [1.807, 2.05) is 23.1 Å². The fourth-order valence-electron chi connectivity index (χ4n) is 1.98. The van der Waals surface area contributed by atoms with Gasteiger partial charge in [-0.3, -0.25) is 4.79 Å². The van der Waals surface area contributed by atoms with Crippen molar-refractivity contribution in [3.63, 3.8) is 0 Å². The van der Waals surface area contributed by atoms with Crippen LogP contribution in [-0.2, 0) is 4.79 Å². The minimum Gasteiger partial charge on any atom is -0.342 e. The Kier molecular flexibility index (Phi) is 2.53. The average Bonchev–Trinajstić information content (AvgIpc) is 2.68. The topological polar surface area (TPSA) is 20.3 Å². The zero-order valence-electron chi connectivity index (χ0n) is 8.15. The lowest BCUT2D eigenvalue weighted by Crippen LogP contribution is -2.25. The van der Waals surface area contributed by atoms with Crippen LogP contribution in [0.5, 0.6) is 0 Å². The lowest BCUT2D eigenvalue weighted by molar-refractivity contribution is -0.125. The molecule has 1 unspecified atom stereocenters. The Morgan fingerprint density at radius 1 is 1.36 bits per heavy atom. The lowest BCUT2D eigenvalue weighted by Gasteiger charge is -2.13. The van der Waals surface area contributed by atoms with E-state index in [2.05, 4.69) is 19.1 Å². The first-order chi connectivity index (χ1) is 6.77. The number of likely N-dealkylation sites (tertiary alicyclic amines) is 1. The molecule has 1 aromatic rings. The fourth-order valence-corrected chi connectivity index (χ4v) is 1.98. The minimum absolute atomic E-state index is 0.0524. The Labute approximate surface area is 84.5 Å². The maximum absolute atomic E-state index is 11.0. The van der Waals surface area contributed by atoms with Gasteiger partial charge in [-0.1, -0.05) is 30.3 Å². The van der Waals surface area contributed by atoms with Gasteiger partial charge in [0.15, 0.2) is 0 Å². The first-order valence-electron chi connectivity index (χ1n) is 4.93. The Morgan fingerprint density at radius 2 is 2.07 bits per heavy atom. The van der Waals surface area contributed by atoms with Crippen LogP contribution >= 0.6 is 0 Å². The molecule has 1 aliphatic rings. The summed E-state index contributed by atoms with van der Waals surface area (Å²) >= 11 is 0. The Morgan fingerprint density at radius 3 is 2.64 bits per heavy atom. The van der Waals surface area contributed by atoms with Gasteiger partial charge in [0, 0.05) is 25.9 Å². The number of benzene rings is 1. The molecule has 1 atom stereocenters. The van der Waals surface area contributed by atoms with Gasteiger partial charge >= 0.3 is 0 Å². The third-order valence-electron chi connectivity index (χ3n) is 2.81. The van der Waals surface area contributed by atoms with Crippen LogP contribution in [0.25, 0.3) is 0 Å². The number of hydrogen-bond donors (Lipinski definition) is 0. The molecule has 1 fully saturated rings. The number of amides is 1. The monoisotopic (exact) mass is 188 g/mol. The van der Waals surface area contributed by atoms with Crippen molar-refractivity contribution < 1.29 is 4.79 Å². The molecule has 2 rings (SSSR count). The molecule has 1 aliphatic heterocycles. The molecular weight excluding hydrogens is 174 g/mol. The quantitative estimate of drug-likeness (QED) is 0.658. The highest BCUT2D eigenvalue weighted by molar-refractivity contribution is 5.80. The molecule has 0 N–H and O–H groups in total. The summed E-state index contributed by atoms with van der Waals surface area (Å²) in [5, 5.41) is 0. The summed E-state index contributed by atoms with van der Waals surface area (Å²) in [5.41, 5.74) is 1.33. The SMILES string of the molecule is [CH2]C(=O)N1CCC(c2ccccc2)C1. The Balaban J connectivity index is 2.06. The summed E-state index contributed by atoms with van der Waals surface area (Å²) in [6.45, 7) is 5.11. The summed E-state index contributed by atoms with van der Waals surface area (Å²) in [5.74, 6) is 0.449. The molecule has 0 bridgehead atoms. The molecule has 73 valence electrons. The zero-order valence-corrected chi connectivity index (χ0v) is 8.15. The minimum atomic E-state index is -0.0524. The van der Waals surface area contributed by atoms with Crippen LogP contribution in [0.3, 0.4) is 0 Å². The standard InChI is InChI=1S/C12H14NO/c1-10(14)13-8-7-12(9-13)11-5-3-2-4-6-11/h2-6,12H,1,7-9H2. The summed E-state index contributed by atoms with van der Waals surface area (Å²) in [7, 11) is 0. The van der Waals surface area contributed by atoms with Crippen LogP contribution in [0.15, 0.2) is 30.3 Å². The van der Waals surface area contributed by atoms with E-state index >= 15 is 0 Å². The first kappa shape index (κ1) is 9.25. The van der Waals surface area contributed by atoms with Gasteiger partial charge in [-0.25, -0.2) is 0 Å². The van der Waals surface area contributed by atoms with Gasteiger partial charge in [-0.2, -0.15) is 0 Å². The molecule has 0 spiro atoms. The second kappa shape index (κ2) is 3.82. The number of carbonyl (C=O) groups excluding carboxylic acids is 1. The van der Waals surface area contributed by atoms with Crippen molar-refractivity contribution >= 4 is 5.91 Å². The third-order valence-corrected chi connectivity index (χ3v) is 2.81. The van der Waals surface area contributed by atoms with Crippen molar-refractivity contribution in [3.8, 4) is 0 Å². The molecule has 1 radical (unpaired) electrons. The predicted molar refractivity (Wildman–Crippen MR) is 55.7 cm³/mol. The number of nitrogens with zero attached hydrogens (tertiary/aromatic N) is 1. The van der Waals surface area contributed by atoms with Gasteiger partial charge in [-0.15, -0.1) is 0 Å². The molecule has 1 amide bonds. The van der Waals surface area contributed by atoms with Crippen LogP contribution < -0.4 is 0 Å². The average molecular weight is 188 g/mol. The summed E-state index contributed by atoms with van der Waals surface area (Å²) in [6.07, 6.45) is 1.06. The highest BCUT2D eigenvalue weighted by Crippen LogP contribution is 2.26. The molecule has 0 saturated carbocycles. The van der Waals surface area contributed by atoms with Gasteiger partial charge in [0.25, 0.3) is 0 Å². The number of rotatable bonds is 1. The molecule has 0 aromatic heterocycles. The van der Waals surface area contributed by atoms with Crippen LogP contribution in [0, 0.1) is 6.92 Å². The molecule has 1 heterocycles. The van der Waals surface area contributed by atoms with E-state index in [0.29, 0.717) is 5.92 Å². The highest BCUT2D eigenvalue weighted by Gasteiger charge is 2.24. The van der Waals surface area contributed by atoms with E-state index < -0.39 is 0 Å². The van der Waals surface area contributed by atoms with E-state index in [-0.39, 0.29) is 5.91 Å². The maximum atomic E-state index is 11.0. The van der Waals surface area contributed by atoms with E-state index in [9.17, 15) is 4.79 Å². The molecule has 1 saturated heterocycles. The van der Waals surface area contributed by atoms with Gasteiger partial charge in [0.05, 0.1) is 0 Å². The van der Waals surface area contributed by atoms with Crippen molar-refractivity contribution in [2.75, 3.05) is 13.1 Å². The second-order valence-corrected chi connectivity index (χ2v) is 3.74. The predicted octanol–water partition coefficient (Wildman–Crippen LogP) is 1.84. The Bertz CT molecular complexity index is 320. The van der Waals surface area contributed by atoms with Crippen LogP contribution in [0.2, 0.25) is 0 Å². The van der Waals surface area contributed by atoms with Gasteiger partial charge < -0.3 is 4.90 Å². The molecule has 14 heavy (non-hydrogen) atoms. The zero-order chi connectivity index (χ0) is 9.97. The first-order valence-corrected chi connectivity index (χ1v) is 4.93. The summed E-state index contributed by atoms with van der Waals surface area (Å²) in [6, 6.07) is 10.4. The maximum Gasteiger partial charge on any atom is 0.223 e. The van der Waals surface area contributed by atoms with Crippen LogP contribution in [-0.4, -0.2) is 23.9 Å².